The van der Waals surface area contributed by atoms with Crippen LogP contribution in [0.5, 0.6) is 0 Å². The molecule has 0 saturated carbocycles. The SMILES string of the molecule is CCc1c(CC2=CCCCC2)oc(-c2ccc(Cl)cc2)c1CC. The standard InChI is InChI=1S/C21H25ClO/c1-3-18-19(4-2)21(16-10-12-17(22)13-11-16)23-20(18)14-15-8-6-5-7-9-15/h8,10-13H,3-7,9,14H2,1-2H3. The molecule has 1 aliphatic carbocycles. The fraction of sp³-hybridized carbons (Fsp3) is 0.429. The summed E-state index contributed by atoms with van der Waals surface area (Å²) in [6, 6.07) is 7.99. The van der Waals surface area contributed by atoms with Crippen molar-refractivity contribution in [3.8, 4) is 11.3 Å². The molecule has 1 heterocycles. The average Bonchev–Trinajstić information content (AvgIpc) is 2.93. The van der Waals surface area contributed by atoms with Crippen molar-refractivity contribution in [3.63, 3.8) is 0 Å². The van der Waals surface area contributed by atoms with Crippen LogP contribution in [-0.2, 0) is 19.3 Å². The second-order valence-corrected chi connectivity index (χ2v) is 6.75. The highest BCUT2D eigenvalue weighted by atomic mass is 35.5. The summed E-state index contributed by atoms with van der Waals surface area (Å²) in [6.45, 7) is 4.45. The third kappa shape index (κ3) is 3.55. The Morgan fingerprint density at radius 2 is 1.74 bits per heavy atom. The largest absolute Gasteiger partial charge is 0.460 e. The summed E-state index contributed by atoms with van der Waals surface area (Å²) in [7, 11) is 0. The number of benzene rings is 1. The van der Waals surface area contributed by atoms with Crippen LogP contribution in [0, 0.1) is 0 Å². The van der Waals surface area contributed by atoms with Gasteiger partial charge in [-0.3, -0.25) is 0 Å². The summed E-state index contributed by atoms with van der Waals surface area (Å²) >= 11 is 6.03. The Balaban J connectivity index is 1.99. The van der Waals surface area contributed by atoms with Crippen molar-refractivity contribution in [2.24, 2.45) is 0 Å². The molecule has 0 fully saturated rings. The van der Waals surface area contributed by atoms with E-state index in [2.05, 4.69) is 32.1 Å². The number of rotatable bonds is 5. The van der Waals surface area contributed by atoms with Gasteiger partial charge >= 0.3 is 0 Å². The van der Waals surface area contributed by atoms with Crippen molar-refractivity contribution in [1.29, 1.82) is 0 Å². The molecule has 0 atom stereocenters. The minimum absolute atomic E-state index is 0.765. The number of allylic oxidation sites excluding steroid dienone is 2. The van der Waals surface area contributed by atoms with E-state index in [1.165, 1.54) is 42.6 Å². The van der Waals surface area contributed by atoms with Gasteiger partial charge in [0, 0.05) is 22.6 Å². The molecule has 0 aliphatic heterocycles. The first kappa shape index (κ1) is 16.4. The van der Waals surface area contributed by atoms with Gasteiger partial charge in [0.2, 0.25) is 0 Å². The van der Waals surface area contributed by atoms with Gasteiger partial charge < -0.3 is 4.42 Å². The van der Waals surface area contributed by atoms with Gasteiger partial charge in [-0.15, -0.1) is 0 Å². The number of furan rings is 1. The minimum atomic E-state index is 0.765. The Morgan fingerprint density at radius 3 is 2.35 bits per heavy atom. The molecule has 2 heteroatoms. The van der Waals surface area contributed by atoms with Crippen LogP contribution in [0.3, 0.4) is 0 Å². The van der Waals surface area contributed by atoms with Gasteiger partial charge in [0.05, 0.1) is 0 Å². The number of hydrogen-bond acceptors (Lipinski definition) is 1. The predicted octanol–water partition coefficient (Wildman–Crippen LogP) is 6.77. The van der Waals surface area contributed by atoms with E-state index in [0.717, 1.165) is 35.6 Å². The molecule has 23 heavy (non-hydrogen) atoms. The second-order valence-electron chi connectivity index (χ2n) is 6.31. The quantitative estimate of drug-likeness (QED) is 0.552. The molecule has 0 N–H and O–H groups in total. The molecular weight excluding hydrogens is 304 g/mol. The third-order valence-corrected chi connectivity index (χ3v) is 5.04. The highest BCUT2D eigenvalue weighted by Gasteiger charge is 2.20. The Labute approximate surface area is 144 Å². The van der Waals surface area contributed by atoms with E-state index in [-0.39, 0.29) is 0 Å². The summed E-state index contributed by atoms with van der Waals surface area (Å²) in [5.74, 6) is 2.20. The van der Waals surface area contributed by atoms with Gasteiger partial charge in [0.15, 0.2) is 0 Å². The summed E-state index contributed by atoms with van der Waals surface area (Å²) in [5.41, 5.74) is 5.44. The van der Waals surface area contributed by atoms with E-state index in [9.17, 15) is 0 Å². The normalized spacial score (nSPS) is 14.8. The molecule has 1 aromatic heterocycles. The maximum absolute atomic E-state index is 6.37. The molecule has 0 saturated heterocycles. The minimum Gasteiger partial charge on any atom is -0.460 e. The molecule has 2 aromatic rings. The second kappa shape index (κ2) is 7.40. The molecule has 0 unspecified atom stereocenters. The molecular formula is C21H25ClO. The van der Waals surface area contributed by atoms with Crippen LogP contribution >= 0.6 is 11.6 Å². The van der Waals surface area contributed by atoms with Crippen LogP contribution in [0.15, 0.2) is 40.3 Å². The Bertz CT molecular complexity index is 691. The molecule has 0 radical (unpaired) electrons. The van der Waals surface area contributed by atoms with Gasteiger partial charge in [-0.05, 0) is 68.4 Å². The summed E-state index contributed by atoms with van der Waals surface area (Å²) in [6.07, 6.45) is 10.5. The van der Waals surface area contributed by atoms with Crippen LogP contribution in [-0.4, -0.2) is 0 Å². The van der Waals surface area contributed by atoms with E-state index < -0.39 is 0 Å². The molecule has 0 bridgehead atoms. The smallest absolute Gasteiger partial charge is 0.137 e. The van der Waals surface area contributed by atoms with Crippen molar-refractivity contribution in [2.45, 2.75) is 58.8 Å². The van der Waals surface area contributed by atoms with E-state index in [1.807, 2.05) is 12.1 Å². The molecule has 1 nitrogen and oxygen atoms in total. The van der Waals surface area contributed by atoms with Crippen molar-refractivity contribution in [1.82, 2.24) is 0 Å². The maximum Gasteiger partial charge on any atom is 0.137 e. The zero-order valence-corrected chi connectivity index (χ0v) is 14.9. The van der Waals surface area contributed by atoms with Gasteiger partial charge in [-0.25, -0.2) is 0 Å². The van der Waals surface area contributed by atoms with Gasteiger partial charge in [-0.1, -0.05) is 37.1 Å². The van der Waals surface area contributed by atoms with Gasteiger partial charge in [0.1, 0.15) is 11.5 Å². The maximum atomic E-state index is 6.37. The molecule has 0 spiro atoms. The lowest BCUT2D eigenvalue weighted by atomic mass is 9.93. The topological polar surface area (TPSA) is 13.1 Å². The first-order valence-electron chi connectivity index (χ1n) is 8.80. The number of hydrogen-bond donors (Lipinski definition) is 0. The summed E-state index contributed by atoms with van der Waals surface area (Å²) in [5, 5.41) is 0.765. The number of halogens is 1. The molecule has 1 aromatic carbocycles. The van der Waals surface area contributed by atoms with E-state index in [4.69, 9.17) is 16.0 Å². The van der Waals surface area contributed by atoms with E-state index >= 15 is 0 Å². The van der Waals surface area contributed by atoms with Crippen molar-refractivity contribution >= 4 is 11.6 Å². The fourth-order valence-electron chi connectivity index (χ4n) is 3.58. The zero-order chi connectivity index (χ0) is 16.2. The lowest BCUT2D eigenvalue weighted by Crippen LogP contribution is -1.98. The van der Waals surface area contributed by atoms with E-state index in [1.54, 1.807) is 5.57 Å². The Hall–Kier alpha value is -1.47. The average molecular weight is 329 g/mol. The first-order chi connectivity index (χ1) is 11.2. The molecule has 0 amide bonds. The summed E-state index contributed by atoms with van der Waals surface area (Å²) in [4.78, 5) is 0. The van der Waals surface area contributed by atoms with Crippen LogP contribution < -0.4 is 0 Å². The van der Waals surface area contributed by atoms with Gasteiger partial charge in [-0.2, -0.15) is 0 Å². The molecule has 122 valence electrons. The van der Waals surface area contributed by atoms with Gasteiger partial charge in [0.25, 0.3) is 0 Å². The van der Waals surface area contributed by atoms with Crippen molar-refractivity contribution in [2.75, 3.05) is 0 Å². The Kier molecular flexibility index (Phi) is 5.27. The van der Waals surface area contributed by atoms with Crippen molar-refractivity contribution in [3.05, 3.63) is 57.8 Å². The highest BCUT2D eigenvalue weighted by molar-refractivity contribution is 6.30. The van der Waals surface area contributed by atoms with Crippen LogP contribution in [0.2, 0.25) is 5.02 Å². The lowest BCUT2D eigenvalue weighted by molar-refractivity contribution is 0.520. The molecule has 3 rings (SSSR count). The molecule has 1 aliphatic rings. The Morgan fingerprint density at radius 1 is 1.00 bits per heavy atom. The summed E-state index contributed by atoms with van der Waals surface area (Å²) < 4.78 is 6.37. The third-order valence-electron chi connectivity index (χ3n) is 4.79. The van der Waals surface area contributed by atoms with E-state index in [0.29, 0.717) is 0 Å². The predicted molar refractivity (Wildman–Crippen MR) is 98.2 cm³/mol. The lowest BCUT2D eigenvalue weighted by Gasteiger charge is -2.12. The first-order valence-corrected chi connectivity index (χ1v) is 9.18. The fourth-order valence-corrected chi connectivity index (χ4v) is 3.71. The van der Waals surface area contributed by atoms with Crippen LogP contribution in [0.25, 0.3) is 11.3 Å². The monoisotopic (exact) mass is 328 g/mol. The zero-order valence-electron chi connectivity index (χ0n) is 14.1. The van der Waals surface area contributed by atoms with Crippen molar-refractivity contribution < 1.29 is 4.42 Å². The van der Waals surface area contributed by atoms with Crippen LogP contribution in [0.1, 0.15) is 56.4 Å². The van der Waals surface area contributed by atoms with Crippen LogP contribution in [0.4, 0.5) is 0 Å². The highest BCUT2D eigenvalue weighted by Crippen LogP contribution is 2.35.